The second kappa shape index (κ2) is 8.40. The van der Waals surface area contributed by atoms with Gasteiger partial charge in [-0.15, -0.1) is 0 Å². The molecule has 6 nitrogen and oxygen atoms in total. The van der Waals surface area contributed by atoms with Gasteiger partial charge in [0, 0.05) is 25.0 Å². The van der Waals surface area contributed by atoms with Crippen LogP contribution >= 0.6 is 0 Å². The molecule has 0 saturated heterocycles. The van der Waals surface area contributed by atoms with Crippen LogP contribution in [0.25, 0.3) is 0 Å². The van der Waals surface area contributed by atoms with Gasteiger partial charge in [-0.05, 0) is 79.1 Å². The lowest BCUT2D eigenvalue weighted by molar-refractivity contribution is 0.174. The Hall–Kier alpha value is -2.99. The number of rotatable bonds is 2. The summed E-state index contributed by atoms with van der Waals surface area (Å²) in [7, 11) is 0. The highest BCUT2D eigenvalue weighted by Crippen LogP contribution is 2.36. The number of benzene rings is 2. The molecule has 2 aromatic carbocycles. The van der Waals surface area contributed by atoms with Crippen molar-refractivity contribution in [1.29, 1.82) is 0 Å². The highest BCUT2D eigenvalue weighted by atomic mass is 16.7. The number of hydrogen-bond donors (Lipinski definition) is 2. The van der Waals surface area contributed by atoms with Crippen molar-refractivity contribution in [2.75, 3.05) is 19.9 Å². The molecule has 1 aromatic heterocycles. The second-order valence-electron chi connectivity index (χ2n) is 8.14. The van der Waals surface area contributed by atoms with Gasteiger partial charge >= 0.3 is 0 Å². The number of ether oxygens (including phenoxy) is 2. The molecule has 0 unspecified atom stereocenters. The van der Waals surface area contributed by atoms with Gasteiger partial charge in [-0.1, -0.05) is 12.1 Å². The molecule has 5 rings (SSSR count). The molecule has 3 heterocycles. The first-order chi connectivity index (χ1) is 14.7. The van der Waals surface area contributed by atoms with Crippen LogP contribution in [0.3, 0.4) is 0 Å². The van der Waals surface area contributed by atoms with E-state index in [1.54, 1.807) is 6.33 Å². The van der Waals surface area contributed by atoms with E-state index in [-0.39, 0.29) is 0 Å². The first kappa shape index (κ1) is 19.0. The number of aromatic hydroxyl groups is 1. The smallest absolute Gasteiger partial charge is 0.231 e. The first-order valence-electron chi connectivity index (χ1n) is 10.7. The Morgan fingerprint density at radius 1 is 0.933 bits per heavy atom. The fraction of sp³-hybridized carbons (Fsp3) is 0.375. The van der Waals surface area contributed by atoms with Gasteiger partial charge in [0.15, 0.2) is 11.5 Å². The van der Waals surface area contributed by atoms with Gasteiger partial charge in [0.2, 0.25) is 6.79 Å². The van der Waals surface area contributed by atoms with Crippen LogP contribution in [-0.2, 0) is 32.2 Å². The highest BCUT2D eigenvalue weighted by molar-refractivity contribution is 5.49. The first-order valence-corrected chi connectivity index (χ1v) is 10.7. The SMILES string of the molecule is Oc1ccc2cc1CCc1cc3c(cc1CCCN(Cc1cnc[nH]1)CC2)OCO3. The fourth-order valence-corrected chi connectivity index (χ4v) is 4.42. The Balaban J connectivity index is 1.44. The van der Waals surface area contributed by atoms with Crippen LogP contribution in [0.2, 0.25) is 0 Å². The van der Waals surface area contributed by atoms with Crippen LogP contribution in [0.1, 0.15) is 34.4 Å². The Bertz CT molecular complexity index is 1020. The summed E-state index contributed by atoms with van der Waals surface area (Å²) in [6.45, 7) is 3.13. The molecule has 6 heteroatoms. The van der Waals surface area contributed by atoms with Crippen LogP contribution in [0.4, 0.5) is 0 Å². The lowest BCUT2D eigenvalue weighted by Gasteiger charge is -2.22. The zero-order valence-electron chi connectivity index (χ0n) is 17.1. The average molecular weight is 405 g/mol. The third-order valence-corrected chi connectivity index (χ3v) is 6.09. The summed E-state index contributed by atoms with van der Waals surface area (Å²) in [4.78, 5) is 9.86. The molecule has 2 N–H and O–H groups in total. The number of hydrogen-bond acceptors (Lipinski definition) is 5. The van der Waals surface area contributed by atoms with Gasteiger partial charge in [0.05, 0.1) is 6.33 Å². The van der Waals surface area contributed by atoms with E-state index in [0.29, 0.717) is 12.5 Å². The predicted molar refractivity (Wildman–Crippen MR) is 114 cm³/mol. The molecule has 0 amide bonds. The Morgan fingerprint density at radius 3 is 2.53 bits per heavy atom. The number of aryl methyl sites for hydroxylation is 3. The topological polar surface area (TPSA) is 70.6 Å². The van der Waals surface area contributed by atoms with E-state index in [0.717, 1.165) is 74.5 Å². The fourth-order valence-electron chi connectivity index (χ4n) is 4.42. The van der Waals surface area contributed by atoms with Crippen molar-refractivity contribution in [3.8, 4) is 17.2 Å². The van der Waals surface area contributed by atoms with Crippen LogP contribution < -0.4 is 9.47 Å². The number of imidazole rings is 1. The standard InChI is InChI=1S/C24H27N3O3/c28-22-6-3-17-7-9-27(14-21-13-25-15-26-21)8-1-2-18-11-23-24(30-16-29-23)12-19(18)4-5-20(22)10-17/h3,6,10-13,15,28H,1-2,4-5,7-9,14,16H2,(H,25,26). The van der Waals surface area contributed by atoms with Crippen molar-refractivity contribution in [3.05, 3.63) is 70.8 Å². The summed E-state index contributed by atoms with van der Waals surface area (Å²) in [5.74, 6) is 2.05. The Labute approximate surface area is 176 Å². The summed E-state index contributed by atoms with van der Waals surface area (Å²) < 4.78 is 11.2. The molecule has 2 bridgehead atoms. The second-order valence-corrected chi connectivity index (χ2v) is 8.14. The van der Waals surface area contributed by atoms with Crippen molar-refractivity contribution < 1.29 is 14.6 Å². The number of nitrogens with zero attached hydrogens (tertiary/aromatic N) is 2. The maximum atomic E-state index is 10.4. The molecule has 3 aromatic rings. The molecule has 0 spiro atoms. The van der Waals surface area contributed by atoms with E-state index in [9.17, 15) is 5.11 Å². The predicted octanol–water partition coefficient (Wildman–Crippen LogP) is 3.62. The van der Waals surface area contributed by atoms with Gasteiger partial charge in [0.1, 0.15) is 5.75 Å². The maximum Gasteiger partial charge on any atom is 0.231 e. The summed E-state index contributed by atoms with van der Waals surface area (Å²) >= 11 is 0. The minimum absolute atomic E-state index is 0.291. The zero-order valence-corrected chi connectivity index (χ0v) is 17.1. The van der Waals surface area contributed by atoms with E-state index >= 15 is 0 Å². The normalized spacial score (nSPS) is 16.9. The monoisotopic (exact) mass is 405 g/mol. The molecule has 156 valence electrons. The van der Waals surface area contributed by atoms with Gasteiger partial charge in [-0.25, -0.2) is 4.98 Å². The lowest BCUT2D eigenvalue weighted by atomic mass is 9.95. The number of aromatic amines is 1. The van der Waals surface area contributed by atoms with Crippen LogP contribution in [0, 0.1) is 0 Å². The molecule has 2 aliphatic heterocycles. The summed E-state index contributed by atoms with van der Waals surface area (Å²) in [5, 5.41) is 10.4. The highest BCUT2D eigenvalue weighted by Gasteiger charge is 2.18. The number of fused-ring (bicyclic) bond motifs is 4. The van der Waals surface area contributed by atoms with Crippen LogP contribution in [0.5, 0.6) is 17.2 Å². The van der Waals surface area contributed by atoms with Gasteiger partial charge in [0.25, 0.3) is 0 Å². The maximum absolute atomic E-state index is 10.4. The van der Waals surface area contributed by atoms with Crippen molar-refractivity contribution in [3.63, 3.8) is 0 Å². The Morgan fingerprint density at radius 2 is 1.73 bits per heavy atom. The molecule has 0 aliphatic carbocycles. The summed E-state index contributed by atoms with van der Waals surface area (Å²) in [5.41, 5.74) is 6.01. The van der Waals surface area contributed by atoms with Crippen molar-refractivity contribution in [1.82, 2.24) is 14.9 Å². The number of H-pyrrole nitrogens is 1. The number of aromatic nitrogens is 2. The molecule has 0 atom stereocenters. The van der Waals surface area contributed by atoms with E-state index in [1.807, 2.05) is 18.3 Å². The van der Waals surface area contributed by atoms with Crippen LogP contribution in [-0.4, -0.2) is 39.9 Å². The van der Waals surface area contributed by atoms with Gasteiger partial charge in [-0.3, -0.25) is 4.90 Å². The van der Waals surface area contributed by atoms with E-state index in [1.165, 1.54) is 16.7 Å². The summed E-state index contributed by atoms with van der Waals surface area (Å²) in [6, 6.07) is 10.3. The van der Waals surface area contributed by atoms with Gasteiger partial charge < -0.3 is 19.6 Å². The van der Waals surface area contributed by atoms with Gasteiger partial charge in [-0.2, -0.15) is 0 Å². The van der Waals surface area contributed by atoms with Crippen LogP contribution in [0.15, 0.2) is 42.9 Å². The van der Waals surface area contributed by atoms with Crippen molar-refractivity contribution in [2.24, 2.45) is 0 Å². The number of phenols is 1. The molecule has 30 heavy (non-hydrogen) atoms. The minimum atomic E-state index is 0.291. The van der Waals surface area contributed by atoms with Crippen molar-refractivity contribution in [2.45, 2.75) is 38.6 Å². The van der Waals surface area contributed by atoms with E-state index < -0.39 is 0 Å². The number of phenolic OH excluding ortho intramolecular Hbond substituents is 1. The van der Waals surface area contributed by atoms with E-state index in [2.05, 4.69) is 33.1 Å². The molecular formula is C24H27N3O3. The number of nitrogens with one attached hydrogen (secondary N) is 1. The lowest BCUT2D eigenvalue weighted by Crippen LogP contribution is -2.27. The molecule has 0 fully saturated rings. The third-order valence-electron chi connectivity index (χ3n) is 6.09. The quantitative estimate of drug-likeness (QED) is 0.681. The zero-order chi connectivity index (χ0) is 20.3. The largest absolute Gasteiger partial charge is 0.508 e. The Kier molecular flexibility index (Phi) is 5.32. The third kappa shape index (κ3) is 4.14. The minimum Gasteiger partial charge on any atom is -0.508 e. The summed E-state index contributed by atoms with van der Waals surface area (Å²) in [6.07, 6.45) is 8.35. The molecule has 0 saturated carbocycles. The van der Waals surface area contributed by atoms with E-state index in [4.69, 9.17) is 9.47 Å². The molecular weight excluding hydrogens is 378 g/mol. The average Bonchev–Trinajstić information content (AvgIpc) is 3.42. The molecule has 0 radical (unpaired) electrons. The molecule has 2 aliphatic rings. The van der Waals surface area contributed by atoms with Crippen molar-refractivity contribution >= 4 is 0 Å².